The number of fused-ring (bicyclic) bond motifs is 5. The summed E-state index contributed by atoms with van der Waals surface area (Å²) in [5.41, 5.74) is 2.17. The zero-order valence-corrected chi connectivity index (χ0v) is 16.5. The molecule has 0 radical (unpaired) electrons. The maximum absolute atomic E-state index is 11.5. The largest absolute Gasteiger partial charge is 0.466 e. The number of hydrogen-bond acceptors (Lipinski definition) is 3. The van der Waals surface area contributed by atoms with Gasteiger partial charge in [-0.1, -0.05) is 31.6 Å². The minimum atomic E-state index is -0.232. The third kappa shape index (κ3) is 2.69. The first-order valence-corrected chi connectivity index (χ1v) is 10.5. The molecule has 4 aliphatic carbocycles. The molecule has 0 spiro atoms. The van der Waals surface area contributed by atoms with Gasteiger partial charge < -0.3 is 9.84 Å². The lowest BCUT2D eigenvalue weighted by Gasteiger charge is -2.58. The standard InChI is InChI=1S/C23H34O3/c1-22-13-11-20-18(7-4-16-14-17(24)10-12-23(16,20)2)19(22)8-5-15(22)6-9-21(25)26-3/h4,6,9,15,17-20,24H,5,7-8,10-14H2,1-3H3/t15-,17+,18+,19+,20+,22-,23+/m1/s1. The van der Waals surface area contributed by atoms with Crippen molar-refractivity contribution in [1.82, 2.24) is 0 Å². The summed E-state index contributed by atoms with van der Waals surface area (Å²) in [5.74, 6) is 2.57. The Balaban J connectivity index is 1.58. The second kappa shape index (κ2) is 6.51. The van der Waals surface area contributed by atoms with Gasteiger partial charge in [0, 0.05) is 6.08 Å². The highest BCUT2D eigenvalue weighted by Crippen LogP contribution is 2.66. The third-order valence-corrected chi connectivity index (χ3v) is 8.82. The SMILES string of the molecule is COC(=O)C=C[C@H]1CC[C@H]2[C@@H]3CC=C4C[C@@H](O)CC[C@]4(C)[C@H]3CC[C@]12C. The summed E-state index contributed by atoms with van der Waals surface area (Å²) in [6.07, 6.45) is 15.4. The quantitative estimate of drug-likeness (QED) is 0.444. The van der Waals surface area contributed by atoms with Crippen LogP contribution in [0.15, 0.2) is 23.8 Å². The van der Waals surface area contributed by atoms with Gasteiger partial charge in [-0.15, -0.1) is 0 Å². The predicted octanol–water partition coefficient (Wildman–Crippen LogP) is 4.66. The van der Waals surface area contributed by atoms with Crippen molar-refractivity contribution in [3.05, 3.63) is 23.8 Å². The van der Waals surface area contributed by atoms with E-state index in [-0.39, 0.29) is 12.1 Å². The van der Waals surface area contributed by atoms with Gasteiger partial charge in [0.1, 0.15) is 0 Å². The molecule has 0 heterocycles. The van der Waals surface area contributed by atoms with Gasteiger partial charge in [0.2, 0.25) is 0 Å². The number of allylic oxidation sites excluding steroid dienone is 2. The van der Waals surface area contributed by atoms with Gasteiger partial charge in [-0.3, -0.25) is 0 Å². The van der Waals surface area contributed by atoms with Crippen LogP contribution in [0.5, 0.6) is 0 Å². The van der Waals surface area contributed by atoms with Crippen molar-refractivity contribution in [3.63, 3.8) is 0 Å². The van der Waals surface area contributed by atoms with E-state index in [0.717, 1.165) is 37.0 Å². The van der Waals surface area contributed by atoms with Crippen LogP contribution in [0.4, 0.5) is 0 Å². The van der Waals surface area contributed by atoms with Crippen LogP contribution in [0, 0.1) is 34.5 Å². The Kier molecular flexibility index (Phi) is 4.58. The normalized spacial score (nSPS) is 47.7. The summed E-state index contributed by atoms with van der Waals surface area (Å²) >= 11 is 0. The Hall–Kier alpha value is -1.09. The molecule has 0 aromatic heterocycles. The van der Waals surface area contributed by atoms with E-state index in [4.69, 9.17) is 4.74 Å². The van der Waals surface area contributed by atoms with E-state index in [1.165, 1.54) is 39.2 Å². The third-order valence-electron chi connectivity index (χ3n) is 8.82. The molecule has 26 heavy (non-hydrogen) atoms. The molecule has 0 aliphatic heterocycles. The number of aliphatic hydroxyl groups excluding tert-OH is 1. The van der Waals surface area contributed by atoms with Crippen molar-refractivity contribution in [2.24, 2.45) is 34.5 Å². The fourth-order valence-corrected chi connectivity index (χ4v) is 7.26. The molecule has 3 fully saturated rings. The lowest BCUT2D eigenvalue weighted by atomic mass is 9.47. The molecule has 4 aliphatic rings. The zero-order valence-electron chi connectivity index (χ0n) is 16.5. The fraction of sp³-hybridized carbons (Fsp3) is 0.783. The van der Waals surface area contributed by atoms with Crippen LogP contribution in [0.1, 0.15) is 65.2 Å². The average Bonchev–Trinajstić information content (AvgIpc) is 2.96. The minimum absolute atomic E-state index is 0.126. The van der Waals surface area contributed by atoms with E-state index in [0.29, 0.717) is 16.7 Å². The van der Waals surface area contributed by atoms with Gasteiger partial charge in [-0.25, -0.2) is 4.79 Å². The topological polar surface area (TPSA) is 46.5 Å². The Morgan fingerprint density at radius 3 is 2.77 bits per heavy atom. The Morgan fingerprint density at radius 1 is 1.19 bits per heavy atom. The Morgan fingerprint density at radius 2 is 2.00 bits per heavy atom. The number of carbonyl (C=O) groups excluding carboxylic acids is 1. The zero-order chi connectivity index (χ0) is 18.5. The number of rotatable bonds is 2. The molecular formula is C23H34O3. The molecule has 1 N–H and O–H groups in total. The number of methoxy groups -OCH3 is 1. The molecule has 144 valence electrons. The van der Waals surface area contributed by atoms with Crippen LogP contribution in [-0.4, -0.2) is 24.3 Å². The fourth-order valence-electron chi connectivity index (χ4n) is 7.26. The molecule has 7 atom stereocenters. The van der Waals surface area contributed by atoms with Gasteiger partial charge in [0.25, 0.3) is 0 Å². The van der Waals surface area contributed by atoms with E-state index in [1.807, 2.05) is 0 Å². The monoisotopic (exact) mass is 358 g/mol. The average molecular weight is 359 g/mol. The van der Waals surface area contributed by atoms with Crippen LogP contribution in [0.2, 0.25) is 0 Å². The van der Waals surface area contributed by atoms with Crippen molar-refractivity contribution in [2.75, 3.05) is 7.11 Å². The molecule has 0 amide bonds. The maximum atomic E-state index is 11.5. The van der Waals surface area contributed by atoms with Gasteiger partial charge >= 0.3 is 5.97 Å². The Labute approximate surface area is 157 Å². The van der Waals surface area contributed by atoms with Crippen molar-refractivity contribution in [1.29, 1.82) is 0 Å². The summed E-state index contributed by atoms with van der Waals surface area (Å²) in [7, 11) is 1.45. The van der Waals surface area contributed by atoms with E-state index < -0.39 is 0 Å². The predicted molar refractivity (Wildman–Crippen MR) is 102 cm³/mol. The molecule has 0 saturated heterocycles. The van der Waals surface area contributed by atoms with Crippen molar-refractivity contribution < 1.29 is 14.6 Å². The molecule has 0 bridgehead atoms. The summed E-state index contributed by atoms with van der Waals surface area (Å²) in [4.78, 5) is 11.5. The molecule has 0 aromatic carbocycles. The van der Waals surface area contributed by atoms with Crippen LogP contribution in [0.3, 0.4) is 0 Å². The minimum Gasteiger partial charge on any atom is -0.466 e. The molecule has 4 rings (SSSR count). The first-order valence-electron chi connectivity index (χ1n) is 10.5. The highest BCUT2D eigenvalue weighted by molar-refractivity contribution is 5.81. The highest BCUT2D eigenvalue weighted by Gasteiger charge is 2.58. The summed E-state index contributed by atoms with van der Waals surface area (Å²) in [6, 6.07) is 0. The Bertz CT molecular complexity index is 635. The van der Waals surface area contributed by atoms with Crippen LogP contribution in [0.25, 0.3) is 0 Å². The highest BCUT2D eigenvalue weighted by atomic mass is 16.5. The summed E-state index contributed by atoms with van der Waals surface area (Å²) < 4.78 is 4.79. The van der Waals surface area contributed by atoms with Gasteiger partial charge in [0.15, 0.2) is 0 Å². The van der Waals surface area contributed by atoms with Crippen molar-refractivity contribution in [3.8, 4) is 0 Å². The lowest BCUT2D eigenvalue weighted by molar-refractivity contribution is -0.134. The van der Waals surface area contributed by atoms with E-state index in [1.54, 1.807) is 11.6 Å². The summed E-state index contributed by atoms with van der Waals surface area (Å²) in [6.45, 7) is 4.95. The van der Waals surface area contributed by atoms with Crippen LogP contribution in [-0.2, 0) is 9.53 Å². The number of aliphatic hydroxyl groups is 1. The van der Waals surface area contributed by atoms with E-state index in [9.17, 15) is 9.90 Å². The number of ether oxygens (including phenoxy) is 1. The molecular weight excluding hydrogens is 324 g/mol. The van der Waals surface area contributed by atoms with Gasteiger partial charge in [-0.2, -0.15) is 0 Å². The van der Waals surface area contributed by atoms with Crippen molar-refractivity contribution >= 4 is 5.97 Å². The number of esters is 1. The van der Waals surface area contributed by atoms with Gasteiger partial charge in [-0.05, 0) is 85.9 Å². The van der Waals surface area contributed by atoms with Gasteiger partial charge in [0.05, 0.1) is 13.2 Å². The second-order valence-corrected chi connectivity index (χ2v) is 9.77. The van der Waals surface area contributed by atoms with Crippen LogP contribution >= 0.6 is 0 Å². The lowest BCUT2D eigenvalue weighted by Crippen LogP contribution is -2.50. The molecule has 3 saturated carbocycles. The first-order chi connectivity index (χ1) is 12.4. The van der Waals surface area contributed by atoms with Crippen LogP contribution < -0.4 is 0 Å². The van der Waals surface area contributed by atoms with E-state index >= 15 is 0 Å². The number of hydrogen-bond donors (Lipinski definition) is 1. The molecule has 0 unspecified atom stereocenters. The first kappa shape index (κ1) is 18.3. The molecule has 3 heteroatoms. The van der Waals surface area contributed by atoms with Crippen molar-refractivity contribution in [2.45, 2.75) is 71.3 Å². The molecule has 0 aromatic rings. The maximum Gasteiger partial charge on any atom is 0.330 e. The smallest absolute Gasteiger partial charge is 0.330 e. The second-order valence-electron chi connectivity index (χ2n) is 9.77. The summed E-state index contributed by atoms with van der Waals surface area (Å²) in [5, 5.41) is 10.1. The van der Waals surface area contributed by atoms with E-state index in [2.05, 4.69) is 26.0 Å². The molecule has 3 nitrogen and oxygen atoms in total. The number of carbonyl (C=O) groups is 1.